The van der Waals surface area contributed by atoms with E-state index in [0.29, 0.717) is 0 Å². The van der Waals surface area contributed by atoms with Gasteiger partial charge in [0.1, 0.15) is 7.85 Å². The fourth-order valence-electron chi connectivity index (χ4n) is 2.12. The quantitative estimate of drug-likeness (QED) is 0.233. The van der Waals surface area contributed by atoms with Crippen LogP contribution in [0.4, 0.5) is 0 Å². The van der Waals surface area contributed by atoms with Crippen LogP contribution in [0.15, 0.2) is 5.11 Å². The second-order valence-electron chi connectivity index (χ2n) is 3.65. The highest BCUT2D eigenvalue weighted by Crippen LogP contribution is 2.57. The Morgan fingerprint density at radius 2 is 2.23 bits per heavy atom. The number of hydrogen-bond acceptors (Lipinski definition) is 4. The predicted octanol–water partition coefficient (Wildman–Crippen LogP) is -1.62. The smallest absolute Gasteiger partial charge is 0.142 e. The molecule has 0 radical (unpaired) electrons. The maximum absolute atomic E-state index is 9.69. The van der Waals surface area contributed by atoms with Gasteiger partial charge in [-0.15, -0.1) is 0 Å². The molecule has 1 aliphatic carbocycles. The lowest BCUT2D eigenvalue weighted by molar-refractivity contribution is -0.00131. The summed E-state index contributed by atoms with van der Waals surface area (Å²) in [5, 5.41) is 22.5. The molecule has 0 aromatic heterocycles. The van der Waals surface area contributed by atoms with Gasteiger partial charge < -0.3 is 14.9 Å². The van der Waals surface area contributed by atoms with E-state index in [4.69, 9.17) is 10.3 Å². The van der Waals surface area contributed by atoms with Crippen molar-refractivity contribution in [2.24, 2.45) is 10.5 Å². The van der Waals surface area contributed by atoms with Gasteiger partial charge in [-0.1, -0.05) is 5.11 Å². The van der Waals surface area contributed by atoms with Crippen LogP contribution in [0.1, 0.15) is 0 Å². The minimum Gasteiger partial charge on any atom is -0.390 e. The third-order valence-corrected chi connectivity index (χ3v) is 3.02. The molecule has 0 aromatic carbocycles. The Labute approximate surface area is 75.5 Å². The topological polar surface area (TPSA) is 98.5 Å². The van der Waals surface area contributed by atoms with Crippen molar-refractivity contribution in [1.29, 1.82) is 0 Å². The van der Waals surface area contributed by atoms with Gasteiger partial charge in [-0.2, -0.15) is 0 Å². The zero-order chi connectivity index (χ0) is 9.64. The summed E-state index contributed by atoms with van der Waals surface area (Å²) in [6, 6.07) is -0.290. The molecular formula is C6H10BN3O3. The van der Waals surface area contributed by atoms with E-state index >= 15 is 0 Å². The summed E-state index contributed by atoms with van der Waals surface area (Å²) in [7, 11) is 1.74. The molecule has 1 unspecified atom stereocenters. The molecule has 7 heteroatoms. The van der Waals surface area contributed by atoms with Gasteiger partial charge in [0.25, 0.3) is 0 Å². The van der Waals surface area contributed by atoms with Crippen LogP contribution in [0.2, 0.25) is 0 Å². The van der Waals surface area contributed by atoms with Crippen LogP contribution in [0.3, 0.4) is 0 Å². The predicted molar refractivity (Wildman–Crippen MR) is 45.7 cm³/mol. The summed E-state index contributed by atoms with van der Waals surface area (Å²) in [6.45, 7) is 0.0981. The second-order valence-corrected chi connectivity index (χ2v) is 3.65. The van der Waals surface area contributed by atoms with Crippen LogP contribution >= 0.6 is 0 Å². The molecule has 70 valence electrons. The SMILES string of the molecule is B[C@@H]1O[C@@H]2C(O)[C@]2(CN=[N+]=[N-])[C@H]1O. The molecule has 0 aromatic rings. The Bertz CT molecular complexity index is 282. The molecule has 2 N–H and O–H groups in total. The van der Waals surface area contributed by atoms with Crippen LogP contribution < -0.4 is 0 Å². The summed E-state index contributed by atoms with van der Waals surface area (Å²) >= 11 is 0. The summed E-state index contributed by atoms with van der Waals surface area (Å²) in [5.41, 5.74) is 7.42. The third kappa shape index (κ3) is 0.927. The Morgan fingerprint density at radius 3 is 2.77 bits per heavy atom. The average molecular weight is 183 g/mol. The van der Waals surface area contributed by atoms with Gasteiger partial charge in [0.05, 0.1) is 29.7 Å². The van der Waals surface area contributed by atoms with Crippen LogP contribution in [0, 0.1) is 5.41 Å². The Morgan fingerprint density at radius 1 is 1.54 bits per heavy atom. The first-order chi connectivity index (χ1) is 6.14. The maximum atomic E-state index is 9.69. The van der Waals surface area contributed by atoms with Crippen molar-refractivity contribution in [3.8, 4) is 0 Å². The third-order valence-electron chi connectivity index (χ3n) is 3.02. The molecule has 5 atom stereocenters. The standard InChI is InChI=1S/C6H10BN3O3/c7-5-3(12)6(1-9-10-8)2(11)4(6)13-5/h2-5,11-12H,1,7H2/t2?,3-,4+,5+,6+/m0/s1. The molecule has 1 saturated heterocycles. The van der Waals surface area contributed by atoms with Gasteiger partial charge in [0, 0.05) is 11.5 Å². The lowest BCUT2D eigenvalue weighted by Gasteiger charge is -2.19. The largest absolute Gasteiger partial charge is 0.390 e. The first kappa shape index (κ1) is 8.84. The number of aliphatic hydroxyl groups excluding tert-OH is 2. The van der Waals surface area contributed by atoms with Crippen molar-refractivity contribution >= 4 is 7.85 Å². The van der Waals surface area contributed by atoms with E-state index in [2.05, 4.69) is 10.0 Å². The molecule has 6 nitrogen and oxygen atoms in total. The maximum Gasteiger partial charge on any atom is 0.142 e. The fraction of sp³-hybridized carbons (Fsp3) is 1.00. The molecule has 2 fully saturated rings. The van der Waals surface area contributed by atoms with Gasteiger partial charge in [0.2, 0.25) is 0 Å². The molecule has 13 heavy (non-hydrogen) atoms. The van der Waals surface area contributed by atoms with Gasteiger partial charge >= 0.3 is 0 Å². The first-order valence-electron chi connectivity index (χ1n) is 4.17. The van der Waals surface area contributed by atoms with Crippen molar-refractivity contribution in [2.75, 3.05) is 6.54 Å². The molecule has 2 aliphatic rings. The highest BCUT2D eigenvalue weighted by molar-refractivity contribution is 6.11. The molecule has 0 bridgehead atoms. The van der Waals surface area contributed by atoms with E-state index in [9.17, 15) is 10.2 Å². The molecular weight excluding hydrogens is 173 g/mol. The Kier molecular flexibility index (Phi) is 1.78. The van der Waals surface area contributed by atoms with Gasteiger partial charge in [-0.3, -0.25) is 0 Å². The lowest BCUT2D eigenvalue weighted by Crippen LogP contribution is -2.36. The number of ether oxygens (including phenoxy) is 1. The summed E-state index contributed by atoms with van der Waals surface area (Å²) < 4.78 is 5.28. The zero-order valence-corrected chi connectivity index (χ0v) is 7.16. The van der Waals surface area contributed by atoms with E-state index in [1.165, 1.54) is 0 Å². The van der Waals surface area contributed by atoms with E-state index in [-0.39, 0.29) is 18.7 Å². The van der Waals surface area contributed by atoms with E-state index in [0.717, 1.165) is 0 Å². The first-order valence-corrected chi connectivity index (χ1v) is 4.17. The van der Waals surface area contributed by atoms with E-state index < -0.39 is 17.6 Å². The highest BCUT2D eigenvalue weighted by Gasteiger charge is 2.74. The van der Waals surface area contributed by atoms with Gasteiger partial charge in [-0.05, 0) is 5.53 Å². The molecule has 0 spiro atoms. The minimum absolute atomic E-state index is 0.0981. The number of rotatable bonds is 2. The monoisotopic (exact) mass is 183 g/mol. The van der Waals surface area contributed by atoms with Crippen molar-refractivity contribution in [3.05, 3.63) is 10.4 Å². The number of hydrogen-bond donors (Lipinski definition) is 2. The summed E-state index contributed by atoms with van der Waals surface area (Å²) in [6.07, 6.45) is -1.79. The van der Waals surface area contributed by atoms with Gasteiger partial charge in [-0.25, -0.2) is 0 Å². The normalized spacial score (nSPS) is 52.5. The number of fused-ring (bicyclic) bond motifs is 1. The number of aliphatic hydroxyl groups is 2. The Hall–Kier alpha value is -0.745. The minimum atomic E-state index is -0.738. The van der Waals surface area contributed by atoms with Crippen LogP contribution in [-0.4, -0.2) is 48.9 Å². The molecule has 1 heterocycles. The van der Waals surface area contributed by atoms with Crippen molar-refractivity contribution in [1.82, 2.24) is 0 Å². The summed E-state index contributed by atoms with van der Waals surface area (Å²) in [4.78, 5) is 2.61. The molecule has 2 rings (SSSR count). The van der Waals surface area contributed by atoms with Crippen molar-refractivity contribution in [2.45, 2.75) is 24.3 Å². The fourth-order valence-corrected chi connectivity index (χ4v) is 2.12. The van der Waals surface area contributed by atoms with Crippen molar-refractivity contribution < 1.29 is 14.9 Å². The zero-order valence-electron chi connectivity index (χ0n) is 7.16. The van der Waals surface area contributed by atoms with Crippen LogP contribution in [-0.2, 0) is 4.74 Å². The van der Waals surface area contributed by atoms with Crippen LogP contribution in [0.25, 0.3) is 10.4 Å². The Balaban J connectivity index is 2.17. The summed E-state index contributed by atoms with van der Waals surface area (Å²) in [5.74, 6) is 0. The van der Waals surface area contributed by atoms with E-state index in [1.807, 2.05) is 0 Å². The molecule has 1 saturated carbocycles. The molecule has 0 amide bonds. The number of nitrogens with zero attached hydrogens (tertiary/aromatic N) is 3. The molecule has 1 aliphatic heterocycles. The van der Waals surface area contributed by atoms with E-state index in [1.54, 1.807) is 7.85 Å². The lowest BCUT2D eigenvalue weighted by atomic mass is 9.86. The second kappa shape index (κ2) is 2.62. The van der Waals surface area contributed by atoms with Crippen molar-refractivity contribution in [3.63, 3.8) is 0 Å². The highest BCUT2D eigenvalue weighted by atomic mass is 16.6. The van der Waals surface area contributed by atoms with Gasteiger partial charge in [0.15, 0.2) is 0 Å². The van der Waals surface area contributed by atoms with Crippen LogP contribution in [0.5, 0.6) is 0 Å². The average Bonchev–Trinajstić information content (AvgIpc) is 2.56. The number of azide groups is 1.